The van der Waals surface area contributed by atoms with Crippen LogP contribution < -0.4 is 21.3 Å². The molecule has 9 nitrogen and oxygen atoms in total. The molecule has 0 saturated carbocycles. The molecular weight excluding hydrogens is 360 g/mol. The van der Waals surface area contributed by atoms with E-state index in [-0.39, 0.29) is 54.6 Å². The average molecular weight is 393 g/mol. The van der Waals surface area contributed by atoms with Gasteiger partial charge in [-0.15, -0.1) is 0 Å². The third-order valence-corrected chi connectivity index (χ3v) is 7.18. The van der Waals surface area contributed by atoms with Gasteiger partial charge in [0.05, 0.1) is 42.2 Å². The number of fused-ring (bicyclic) bond motifs is 2. The van der Waals surface area contributed by atoms with Crippen LogP contribution in [0.4, 0.5) is 4.79 Å². The van der Waals surface area contributed by atoms with E-state index in [0.29, 0.717) is 0 Å². The highest BCUT2D eigenvalue weighted by Gasteiger charge is 2.54. The topological polar surface area (TPSA) is 98.0 Å². The summed E-state index contributed by atoms with van der Waals surface area (Å²) in [5.41, 5.74) is -0.439. The van der Waals surface area contributed by atoms with Gasteiger partial charge in [-0.05, 0) is 53.0 Å². The Morgan fingerprint density at radius 3 is 2.79 bits per heavy atom. The van der Waals surface area contributed by atoms with Crippen LogP contribution in [0.5, 0.6) is 0 Å². The van der Waals surface area contributed by atoms with Gasteiger partial charge in [0.1, 0.15) is 6.17 Å². The average Bonchev–Trinajstić information content (AvgIpc) is 2.96. The third kappa shape index (κ3) is 2.82. The zero-order chi connectivity index (χ0) is 19.6. The number of hydrogen-bond donors (Lipinski definition) is 4. The maximum Gasteiger partial charge on any atom is 0.320 e. The van der Waals surface area contributed by atoms with E-state index in [2.05, 4.69) is 46.9 Å². The van der Waals surface area contributed by atoms with Crippen LogP contribution in [0.1, 0.15) is 46.5 Å². The van der Waals surface area contributed by atoms with Gasteiger partial charge in [-0.25, -0.2) is 4.79 Å². The monoisotopic (exact) mass is 392 g/mol. The molecule has 5 rings (SSSR count). The number of nitrogens with zero attached hydrogens (tertiary/aromatic N) is 2. The lowest BCUT2D eigenvalue weighted by atomic mass is 9.86. The molecule has 5 heterocycles. The van der Waals surface area contributed by atoms with Crippen molar-refractivity contribution in [2.24, 2.45) is 5.92 Å². The van der Waals surface area contributed by atoms with Gasteiger partial charge in [0.15, 0.2) is 0 Å². The first kappa shape index (κ1) is 18.6. The predicted octanol–water partition coefficient (Wildman–Crippen LogP) is -0.303. The maximum absolute atomic E-state index is 12.9. The second kappa shape index (κ2) is 6.55. The fourth-order valence-corrected chi connectivity index (χ4v) is 5.82. The van der Waals surface area contributed by atoms with Gasteiger partial charge in [0, 0.05) is 6.54 Å². The molecule has 156 valence electrons. The quantitative estimate of drug-likeness (QED) is 0.452. The number of carbonyl (C=O) groups is 2. The third-order valence-electron chi connectivity index (χ3n) is 7.18. The summed E-state index contributed by atoms with van der Waals surface area (Å²) in [6, 6.07) is -0.0818. The van der Waals surface area contributed by atoms with Crippen LogP contribution in [0.2, 0.25) is 0 Å². The van der Waals surface area contributed by atoms with Crippen molar-refractivity contribution in [3.63, 3.8) is 0 Å². The van der Waals surface area contributed by atoms with Gasteiger partial charge in [-0.3, -0.25) is 20.3 Å². The lowest BCUT2D eigenvalue weighted by molar-refractivity contribution is -0.149. The molecular formula is C19H32N6O3. The summed E-state index contributed by atoms with van der Waals surface area (Å²) in [5.74, 6) is 0.0142. The number of piperidine rings is 2. The largest absolute Gasteiger partial charge is 0.373 e. The first-order valence-electron chi connectivity index (χ1n) is 10.7. The number of ether oxygens (including phenoxy) is 1. The highest BCUT2D eigenvalue weighted by molar-refractivity contribution is 5.81. The molecule has 7 atom stereocenters. The molecule has 5 saturated heterocycles. The zero-order valence-corrected chi connectivity index (χ0v) is 16.9. The lowest BCUT2D eigenvalue weighted by Crippen LogP contribution is -2.75. The molecule has 0 spiro atoms. The standard InChI is InChI=1S/C19H32N6O3/c1-10-7-9-24-16-11(17(26)23-19(24,2)3)4-5-13(21-16)25-14-12(28-10)6-8-20-15(14)22-18(25)27/h10-16,20-21H,4-9H2,1-3H3,(H,22,27)(H,23,26)/t10-,11?,12?,13?,14?,15?,16?/m0/s1. The molecule has 6 unspecified atom stereocenters. The number of rotatable bonds is 0. The normalized spacial score (nSPS) is 45.5. The van der Waals surface area contributed by atoms with Crippen LogP contribution in [0.15, 0.2) is 0 Å². The lowest BCUT2D eigenvalue weighted by Gasteiger charge is -2.55. The molecule has 5 aliphatic heterocycles. The Hall–Kier alpha value is -1.42. The van der Waals surface area contributed by atoms with Crippen molar-refractivity contribution in [3.8, 4) is 0 Å². The van der Waals surface area contributed by atoms with Gasteiger partial charge in [0.25, 0.3) is 0 Å². The van der Waals surface area contributed by atoms with E-state index in [9.17, 15) is 9.59 Å². The minimum atomic E-state index is -0.439. The van der Waals surface area contributed by atoms with E-state index in [1.807, 2.05) is 4.90 Å². The van der Waals surface area contributed by atoms with E-state index in [1.165, 1.54) is 0 Å². The fourth-order valence-electron chi connectivity index (χ4n) is 5.82. The SMILES string of the molecule is C[C@H]1CCN2C3NC(CCC3C(=O)NC2(C)C)N2C(=O)NC3NCCC(O1)C32. The number of carbonyl (C=O) groups excluding carboxylic acids is 2. The van der Waals surface area contributed by atoms with Gasteiger partial charge < -0.3 is 20.3 Å². The van der Waals surface area contributed by atoms with Gasteiger partial charge in [-0.1, -0.05) is 0 Å². The van der Waals surface area contributed by atoms with Crippen molar-refractivity contribution in [2.75, 3.05) is 13.1 Å². The first-order chi connectivity index (χ1) is 13.3. The molecule has 0 aliphatic carbocycles. The molecule has 5 aliphatic rings. The first-order valence-corrected chi connectivity index (χ1v) is 10.7. The van der Waals surface area contributed by atoms with Crippen LogP contribution in [-0.4, -0.2) is 77.2 Å². The highest BCUT2D eigenvalue weighted by atomic mass is 16.5. The van der Waals surface area contributed by atoms with E-state index < -0.39 is 5.66 Å². The molecule has 0 aromatic carbocycles. The van der Waals surface area contributed by atoms with Crippen molar-refractivity contribution in [2.45, 2.75) is 88.9 Å². The second-order valence-corrected chi connectivity index (χ2v) is 9.39. The second-order valence-electron chi connectivity index (χ2n) is 9.39. The van der Waals surface area contributed by atoms with Crippen LogP contribution in [0.3, 0.4) is 0 Å². The van der Waals surface area contributed by atoms with Crippen LogP contribution in [-0.2, 0) is 9.53 Å². The van der Waals surface area contributed by atoms with E-state index in [1.54, 1.807) is 0 Å². The van der Waals surface area contributed by atoms with Crippen LogP contribution in [0.25, 0.3) is 0 Å². The molecule has 28 heavy (non-hydrogen) atoms. The molecule has 0 aromatic rings. The van der Waals surface area contributed by atoms with Gasteiger partial charge >= 0.3 is 6.03 Å². The smallest absolute Gasteiger partial charge is 0.320 e. The van der Waals surface area contributed by atoms with Gasteiger partial charge in [-0.2, -0.15) is 0 Å². The predicted molar refractivity (Wildman–Crippen MR) is 102 cm³/mol. The Bertz CT molecular complexity index is 672. The molecule has 2 bridgehead atoms. The highest BCUT2D eigenvalue weighted by Crippen LogP contribution is 2.36. The maximum atomic E-state index is 12.9. The summed E-state index contributed by atoms with van der Waals surface area (Å²) in [6.45, 7) is 7.91. The number of amides is 3. The summed E-state index contributed by atoms with van der Waals surface area (Å²) in [6.07, 6.45) is 3.17. The molecule has 3 amide bonds. The Labute approximate surface area is 165 Å². The molecule has 4 N–H and O–H groups in total. The van der Waals surface area contributed by atoms with Crippen LogP contribution in [0, 0.1) is 5.92 Å². The molecule has 0 radical (unpaired) electrons. The summed E-state index contributed by atoms with van der Waals surface area (Å²) in [4.78, 5) is 30.0. The Morgan fingerprint density at radius 2 is 1.96 bits per heavy atom. The number of hydrogen-bond acceptors (Lipinski definition) is 6. The fraction of sp³-hybridized carbons (Fsp3) is 0.895. The van der Waals surface area contributed by atoms with E-state index in [0.717, 1.165) is 38.8 Å². The molecule has 0 aromatic heterocycles. The number of nitrogens with one attached hydrogen (secondary N) is 4. The summed E-state index contributed by atoms with van der Waals surface area (Å²) >= 11 is 0. The summed E-state index contributed by atoms with van der Waals surface area (Å²) in [7, 11) is 0. The summed E-state index contributed by atoms with van der Waals surface area (Å²) < 4.78 is 6.48. The van der Waals surface area contributed by atoms with Gasteiger partial charge in [0.2, 0.25) is 5.91 Å². The minimum absolute atomic E-state index is 0.0163. The minimum Gasteiger partial charge on any atom is -0.373 e. The van der Waals surface area contributed by atoms with Crippen molar-refractivity contribution in [1.29, 1.82) is 0 Å². The van der Waals surface area contributed by atoms with Crippen molar-refractivity contribution >= 4 is 11.9 Å². The van der Waals surface area contributed by atoms with Crippen molar-refractivity contribution in [3.05, 3.63) is 0 Å². The van der Waals surface area contributed by atoms with E-state index >= 15 is 0 Å². The Balaban J connectivity index is 1.52. The van der Waals surface area contributed by atoms with Crippen molar-refractivity contribution in [1.82, 2.24) is 31.1 Å². The molecule has 9 heteroatoms. The Morgan fingerprint density at radius 1 is 1.14 bits per heavy atom. The summed E-state index contributed by atoms with van der Waals surface area (Å²) in [5, 5.41) is 13.4. The number of urea groups is 1. The Kier molecular flexibility index (Phi) is 4.35. The van der Waals surface area contributed by atoms with Crippen LogP contribution >= 0.6 is 0 Å². The zero-order valence-electron chi connectivity index (χ0n) is 16.9. The van der Waals surface area contributed by atoms with E-state index in [4.69, 9.17) is 4.74 Å². The van der Waals surface area contributed by atoms with Crippen molar-refractivity contribution < 1.29 is 14.3 Å². The molecule has 5 fully saturated rings.